The summed E-state index contributed by atoms with van der Waals surface area (Å²) in [7, 11) is 1.42. The van der Waals surface area contributed by atoms with Gasteiger partial charge in [0.15, 0.2) is 6.17 Å². The maximum Gasteiger partial charge on any atom is 0.427 e. The maximum atomic E-state index is 12.3. The van der Waals surface area contributed by atoms with Gasteiger partial charge in [-0.1, -0.05) is 0 Å². The average Bonchev–Trinajstić information content (AvgIpc) is 2.29. The molecule has 0 aromatic rings. The molecule has 5 heteroatoms. The van der Waals surface area contributed by atoms with E-state index in [2.05, 4.69) is 0 Å². The number of hydrogen-bond acceptors (Lipinski definition) is 2. The van der Waals surface area contributed by atoms with Gasteiger partial charge in [0.05, 0.1) is 0 Å². The minimum absolute atomic E-state index is 0.366. The lowest BCUT2D eigenvalue weighted by molar-refractivity contribution is -0.200. The smallest absolute Gasteiger partial charge is 0.352 e. The molecule has 0 aromatic heterocycles. The van der Waals surface area contributed by atoms with Crippen LogP contribution in [0.5, 0.6) is 0 Å². The van der Waals surface area contributed by atoms with Gasteiger partial charge in [-0.15, -0.1) is 0 Å². The zero-order valence-electron chi connectivity index (χ0n) is 6.97. The predicted octanol–water partition coefficient (Wildman–Crippen LogP) is 1.61. The molecular weight excluding hydrogens is 169 g/mol. The SMILES string of the molecule is CCN1C=CN(C)C1C(F)(F)F. The fourth-order valence-electron chi connectivity index (χ4n) is 1.29. The van der Waals surface area contributed by atoms with Gasteiger partial charge in [0.25, 0.3) is 0 Å². The molecule has 0 radical (unpaired) electrons. The summed E-state index contributed by atoms with van der Waals surface area (Å²) in [5, 5.41) is 0. The molecule has 0 fully saturated rings. The molecule has 1 rings (SSSR count). The molecule has 1 heterocycles. The summed E-state index contributed by atoms with van der Waals surface area (Å²) in [4.78, 5) is 2.41. The largest absolute Gasteiger partial charge is 0.427 e. The van der Waals surface area contributed by atoms with E-state index in [1.54, 1.807) is 6.92 Å². The normalized spacial score (nSPS) is 23.9. The second kappa shape index (κ2) is 2.88. The van der Waals surface area contributed by atoms with E-state index < -0.39 is 12.3 Å². The highest BCUT2D eigenvalue weighted by Crippen LogP contribution is 2.30. The molecule has 1 aliphatic rings. The minimum Gasteiger partial charge on any atom is -0.352 e. The van der Waals surface area contributed by atoms with E-state index in [1.165, 1.54) is 24.3 Å². The highest BCUT2D eigenvalue weighted by molar-refractivity contribution is 4.97. The third-order valence-corrected chi connectivity index (χ3v) is 1.85. The van der Waals surface area contributed by atoms with Crippen LogP contribution in [0, 0.1) is 0 Å². The van der Waals surface area contributed by atoms with Gasteiger partial charge in [-0.3, -0.25) is 0 Å². The molecule has 2 nitrogen and oxygen atoms in total. The molecule has 0 aliphatic carbocycles. The van der Waals surface area contributed by atoms with Gasteiger partial charge in [-0.25, -0.2) is 0 Å². The highest BCUT2D eigenvalue weighted by Gasteiger charge is 2.46. The molecule has 0 bridgehead atoms. The molecule has 0 saturated heterocycles. The molecule has 1 unspecified atom stereocenters. The Balaban J connectivity index is 2.75. The van der Waals surface area contributed by atoms with Crippen molar-refractivity contribution in [1.82, 2.24) is 9.80 Å². The molecule has 0 spiro atoms. The van der Waals surface area contributed by atoms with Crippen LogP contribution >= 0.6 is 0 Å². The quantitative estimate of drug-likeness (QED) is 0.605. The number of nitrogens with zero attached hydrogens (tertiary/aromatic N) is 2. The summed E-state index contributed by atoms with van der Waals surface area (Å²) in [6.45, 7) is 2.06. The summed E-state index contributed by atoms with van der Waals surface area (Å²) in [5.74, 6) is 0. The van der Waals surface area contributed by atoms with E-state index >= 15 is 0 Å². The molecule has 1 atom stereocenters. The first-order valence-electron chi connectivity index (χ1n) is 3.69. The Morgan fingerprint density at radius 1 is 1.33 bits per heavy atom. The molecule has 0 amide bonds. The fraction of sp³-hybridized carbons (Fsp3) is 0.714. The number of halogens is 3. The van der Waals surface area contributed by atoms with Gasteiger partial charge < -0.3 is 9.80 Å². The van der Waals surface area contributed by atoms with Crippen LogP contribution in [0.4, 0.5) is 13.2 Å². The van der Waals surface area contributed by atoms with E-state index in [4.69, 9.17) is 0 Å². The van der Waals surface area contributed by atoms with Crippen LogP contribution in [-0.2, 0) is 0 Å². The number of hydrogen-bond donors (Lipinski definition) is 0. The van der Waals surface area contributed by atoms with E-state index in [0.29, 0.717) is 6.54 Å². The Labute approximate surface area is 69.2 Å². The van der Waals surface area contributed by atoms with Gasteiger partial charge in [-0.05, 0) is 6.92 Å². The van der Waals surface area contributed by atoms with Crippen LogP contribution < -0.4 is 0 Å². The lowest BCUT2D eigenvalue weighted by Crippen LogP contribution is -2.47. The van der Waals surface area contributed by atoms with Crippen LogP contribution in [0.2, 0.25) is 0 Å². The van der Waals surface area contributed by atoms with E-state index in [9.17, 15) is 13.2 Å². The van der Waals surface area contributed by atoms with Crippen LogP contribution in [0.25, 0.3) is 0 Å². The van der Waals surface area contributed by atoms with Crippen LogP contribution in [0.3, 0.4) is 0 Å². The topological polar surface area (TPSA) is 6.48 Å². The van der Waals surface area contributed by atoms with Gasteiger partial charge in [0.2, 0.25) is 0 Å². The van der Waals surface area contributed by atoms with Crippen molar-refractivity contribution in [2.24, 2.45) is 0 Å². The van der Waals surface area contributed by atoms with Crippen molar-refractivity contribution in [3.63, 3.8) is 0 Å². The standard InChI is InChI=1S/C7H11F3N2/c1-3-12-5-4-11(2)6(12)7(8,9)10/h4-6H,3H2,1-2H3. The van der Waals surface area contributed by atoms with Gasteiger partial charge in [0, 0.05) is 26.0 Å². The minimum atomic E-state index is -4.19. The molecular formula is C7H11F3N2. The van der Waals surface area contributed by atoms with Crippen LogP contribution in [0.1, 0.15) is 6.92 Å². The number of rotatable bonds is 1. The molecule has 0 aromatic carbocycles. The van der Waals surface area contributed by atoms with Crippen LogP contribution in [-0.4, -0.2) is 35.7 Å². The molecule has 0 N–H and O–H groups in total. The Kier molecular flexibility index (Phi) is 2.21. The Bertz CT molecular complexity index is 188. The van der Waals surface area contributed by atoms with Crippen molar-refractivity contribution in [3.05, 3.63) is 12.4 Å². The van der Waals surface area contributed by atoms with E-state index in [0.717, 1.165) is 4.90 Å². The first-order valence-corrected chi connectivity index (χ1v) is 3.69. The van der Waals surface area contributed by atoms with Crippen molar-refractivity contribution >= 4 is 0 Å². The fourth-order valence-corrected chi connectivity index (χ4v) is 1.29. The summed E-state index contributed by atoms with van der Waals surface area (Å²) in [5.41, 5.74) is 0. The monoisotopic (exact) mass is 180 g/mol. The Morgan fingerprint density at radius 3 is 2.25 bits per heavy atom. The third-order valence-electron chi connectivity index (χ3n) is 1.85. The Morgan fingerprint density at radius 2 is 1.92 bits per heavy atom. The van der Waals surface area contributed by atoms with E-state index in [1.807, 2.05) is 0 Å². The molecule has 1 aliphatic heterocycles. The summed E-state index contributed by atoms with van der Waals surface area (Å²) >= 11 is 0. The predicted molar refractivity (Wildman–Crippen MR) is 39.1 cm³/mol. The maximum absolute atomic E-state index is 12.3. The van der Waals surface area contributed by atoms with Gasteiger partial charge in [0.1, 0.15) is 0 Å². The van der Waals surface area contributed by atoms with Crippen LogP contribution in [0.15, 0.2) is 12.4 Å². The lowest BCUT2D eigenvalue weighted by Gasteiger charge is -2.30. The van der Waals surface area contributed by atoms with Crippen molar-refractivity contribution in [2.45, 2.75) is 19.3 Å². The molecule has 70 valence electrons. The summed E-state index contributed by atoms with van der Waals surface area (Å²) in [6, 6.07) is 0. The lowest BCUT2D eigenvalue weighted by atomic mass is 10.4. The third kappa shape index (κ3) is 1.49. The second-order valence-corrected chi connectivity index (χ2v) is 2.71. The highest BCUT2D eigenvalue weighted by atomic mass is 19.4. The molecule has 12 heavy (non-hydrogen) atoms. The number of alkyl halides is 3. The van der Waals surface area contributed by atoms with E-state index in [-0.39, 0.29) is 0 Å². The zero-order chi connectivity index (χ0) is 9.35. The first-order chi connectivity index (χ1) is 5.46. The molecule has 0 saturated carbocycles. The second-order valence-electron chi connectivity index (χ2n) is 2.71. The summed E-state index contributed by atoms with van der Waals surface area (Å²) < 4.78 is 37.0. The average molecular weight is 180 g/mol. The van der Waals surface area contributed by atoms with Crippen molar-refractivity contribution in [3.8, 4) is 0 Å². The Hall–Kier alpha value is -0.870. The summed E-state index contributed by atoms with van der Waals surface area (Å²) in [6.07, 6.45) is -2.78. The zero-order valence-corrected chi connectivity index (χ0v) is 6.97. The van der Waals surface area contributed by atoms with Gasteiger partial charge in [-0.2, -0.15) is 13.2 Å². The van der Waals surface area contributed by atoms with Crippen molar-refractivity contribution < 1.29 is 13.2 Å². The first kappa shape index (κ1) is 9.22. The van der Waals surface area contributed by atoms with Gasteiger partial charge >= 0.3 is 6.18 Å². The van der Waals surface area contributed by atoms with Crippen molar-refractivity contribution in [1.29, 1.82) is 0 Å². The van der Waals surface area contributed by atoms with Crippen molar-refractivity contribution in [2.75, 3.05) is 13.6 Å².